The first-order valence-corrected chi connectivity index (χ1v) is 14.6. The molecule has 1 heterocycles. The van der Waals surface area contributed by atoms with Crippen LogP contribution in [0.1, 0.15) is 69.4 Å². The highest BCUT2D eigenvalue weighted by Gasteiger charge is 2.35. The number of aryl methyl sites for hydroxylation is 1. The van der Waals surface area contributed by atoms with Gasteiger partial charge < -0.3 is 26.0 Å². The summed E-state index contributed by atoms with van der Waals surface area (Å²) in [5.41, 5.74) is 4.05. The summed E-state index contributed by atoms with van der Waals surface area (Å²) >= 11 is 0. The molecule has 2 aliphatic rings. The van der Waals surface area contributed by atoms with Crippen molar-refractivity contribution in [3.8, 4) is 0 Å². The van der Waals surface area contributed by atoms with Gasteiger partial charge in [-0.05, 0) is 87.3 Å². The lowest BCUT2D eigenvalue weighted by Gasteiger charge is -2.30. The topological polar surface area (TPSA) is 111 Å². The Kier molecular flexibility index (Phi) is 10.2. The molecule has 2 fully saturated rings. The number of carboxylic acid groups (broad SMARTS) is 1. The number of anilines is 2. The van der Waals surface area contributed by atoms with Crippen LogP contribution in [0.3, 0.4) is 0 Å². The Hall–Kier alpha value is -3.81. The van der Waals surface area contributed by atoms with E-state index in [1.807, 2.05) is 36.4 Å². The first kappa shape index (κ1) is 29.2. The smallest absolute Gasteiger partial charge is 0.306 e. The van der Waals surface area contributed by atoms with Crippen LogP contribution in [0.25, 0.3) is 0 Å². The Morgan fingerprint density at radius 1 is 0.975 bits per heavy atom. The van der Waals surface area contributed by atoms with Crippen LogP contribution in [-0.4, -0.2) is 46.4 Å². The number of aliphatic carboxylic acids is 1. The monoisotopic (exact) mass is 546 g/mol. The molecule has 1 aliphatic carbocycles. The Labute approximate surface area is 237 Å². The number of para-hydroxylation sites is 1. The van der Waals surface area contributed by atoms with Gasteiger partial charge >= 0.3 is 5.97 Å². The molecule has 1 saturated carbocycles. The van der Waals surface area contributed by atoms with E-state index in [1.54, 1.807) is 4.90 Å². The molecule has 4 rings (SSSR count). The van der Waals surface area contributed by atoms with Gasteiger partial charge in [-0.2, -0.15) is 0 Å². The van der Waals surface area contributed by atoms with Crippen LogP contribution >= 0.6 is 0 Å². The number of hydrogen-bond donors (Lipinski definition) is 4. The average molecular weight is 547 g/mol. The van der Waals surface area contributed by atoms with Gasteiger partial charge in [-0.25, -0.2) is 0 Å². The molecule has 214 valence electrons. The fourth-order valence-electron chi connectivity index (χ4n) is 5.54. The second kappa shape index (κ2) is 14.0. The van der Waals surface area contributed by atoms with Crippen molar-refractivity contribution in [2.24, 2.45) is 5.92 Å². The fraction of sp³-hybridized carbons (Fsp3) is 0.469. The molecule has 1 aliphatic heterocycles. The zero-order valence-electron chi connectivity index (χ0n) is 23.6. The Bertz CT molecular complexity index is 1200. The summed E-state index contributed by atoms with van der Waals surface area (Å²) in [4.78, 5) is 39.1. The molecule has 1 unspecified atom stereocenters. The van der Waals surface area contributed by atoms with Crippen LogP contribution in [-0.2, 0) is 20.8 Å². The maximum atomic E-state index is 13.2. The average Bonchev–Trinajstić information content (AvgIpc) is 3.45. The van der Waals surface area contributed by atoms with Crippen LogP contribution < -0.4 is 16.0 Å². The third-order valence-electron chi connectivity index (χ3n) is 7.94. The van der Waals surface area contributed by atoms with E-state index < -0.39 is 12.0 Å². The number of hydrogen-bond acceptors (Lipinski definition) is 5. The number of amides is 2. The largest absolute Gasteiger partial charge is 0.481 e. The van der Waals surface area contributed by atoms with Crippen molar-refractivity contribution >= 4 is 29.2 Å². The van der Waals surface area contributed by atoms with E-state index in [0.717, 1.165) is 42.0 Å². The molecule has 0 radical (unpaired) electrons. The molecular formula is C32H42N4O4. The first-order chi connectivity index (χ1) is 19.3. The number of allylic oxidation sites excluding steroid dienone is 1. The highest BCUT2D eigenvalue weighted by molar-refractivity contribution is 5.89. The van der Waals surface area contributed by atoms with E-state index in [4.69, 9.17) is 0 Å². The molecule has 0 aromatic heterocycles. The number of nitrogens with one attached hydrogen (secondary N) is 3. The standard InChI is InChI=1S/C32H42N4O4/c1-3-4-11-29(35-27-9-6-5-8-22(27)2)33-25-16-12-23(13-17-25)21-30(37)36-20-7-10-28(36)31(38)34-26-18-14-24(15-19-26)32(39)40/h5-6,8-9,11-13,16-17,24,26,28,33,35H,3-4,7,10,14-15,18-21H2,1-2H3,(H,34,38)(H,39,40)/b29-11-. The maximum absolute atomic E-state index is 13.2. The number of likely N-dealkylation sites (tertiary alicyclic amines) is 1. The van der Waals surface area contributed by atoms with Crippen molar-refractivity contribution in [1.29, 1.82) is 0 Å². The number of benzene rings is 2. The van der Waals surface area contributed by atoms with E-state index in [0.29, 0.717) is 38.6 Å². The lowest BCUT2D eigenvalue weighted by molar-refractivity contribution is -0.143. The second-order valence-electron chi connectivity index (χ2n) is 11.0. The number of rotatable bonds is 11. The fourth-order valence-corrected chi connectivity index (χ4v) is 5.54. The van der Waals surface area contributed by atoms with E-state index >= 15 is 0 Å². The molecule has 2 aromatic rings. The van der Waals surface area contributed by atoms with E-state index in [2.05, 4.69) is 48.0 Å². The van der Waals surface area contributed by atoms with E-state index in [1.165, 1.54) is 5.56 Å². The number of unbranched alkanes of at least 4 members (excludes halogenated alkanes) is 1. The van der Waals surface area contributed by atoms with Crippen molar-refractivity contribution < 1.29 is 19.5 Å². The molecule has 1 atom stereocenters. The predicted octanol–water partition coefficient (Wildman–Crippen LogP) is 5.45. The lowest BCUT2D eigenvalue weighted by atomic mass is 9.86. The third kappa shape index (κ3) is 7.87. The Morgan fingerprint density at radius 2 is 1.70 bits per heavy atom. The van der Waals surface area contributed by atoms with Gasteiger partial charge in [0.25, 0.3) is 0 Å². The first-order valence-electron chi connectivity index (χ1n) is 14.6. The Morgan fingerprint density at radius 3 is 2.38 bits per heavy atom. The molecule has 2 aromatic carbocycles. The summed E-state index contributed by atoms with van der Waals surface area (Å²) in [5, 5.41) is 19.2. The highest BCUT2D eigenvalue weighted by Crippen LogP contribution is 2.26. The third-order valence-corrected chi connectivity index (χ3v) is 7.94. The molecule has 8 nitrogen and oxygen atoms in total. The molecule has 8 heteroatoms. The normalized spacial score (nSPS) is 21.1. The molecule has 0 spiro atoms. The van der Waals surface area contributed by atoms with E-state index in [-0.39, 0.29) is 30.2 Å². The molecular weight excluding hydrogens is 504 g/mol. The van der Waals surface area contributed by atoms with Crippen LogP contribution in [0.2, 0.25) is 0 Å². The summed E-state index contributed by atoms with van der Waals surface area (Å²) in [6, 6.07) is 15.6. The predicted molar refractivity (Wildman–Crippen MR) is 158 cm³/mol. The highest BCUT2D eigenvalue weighted by atomic mass is 16.4. The van der Waals surface area contributed by atoms with Gasteiger partial charge in [0, 0.05) is 24.0 Å². The number of carboxylic acids is 1. The van der Waals surface area contributed by atoms with Crippen molar-refractivity contribution in [2.75, 3.05) is 17.2 Å². The molecule has 0 bridgehead atoms. The van der Waals surface area contributed by atoms with Gasteiger partial charge in [-0.3, -0.25) is 14.4 Å². The summed E-state index contributed by atoms with van der Waals surface area (Å²) in [6.07, 6.45) is 8.34. The van der Waals surface area contributed by atoms with Gasteiger partial charge in [0.2, 0.25) is 11.8 Å². The molecule has 4 N–H and O–H groups in total. The van der Waals surface area contributed by atoms with Crippen LogP contribution in [0.15, 0.2) is 60.4 Å². The second-order valence-corrected chi connectivity index (χ2v) is 11.0. The van der Waals surface area contributed by atoms with Crippen molar-refractivity contribution in [3.05, 3.63) is 71.6 Å². The van der Waals surface area contributed by atoms with Crippen molar-refractivity contribution in [2.45, 2.75) is 83.7 Å². The zero-order chi connectivity index (χ0) is 28.5. The van der Waals surface area contributed by atoms with Crippen LogP contribution in [0, 0.1) is 12.8 Å². The van der Waals surface area contributed by atoms with Gasteiger partial charge in [0.15, 0.2) is 0 Å². The summed E-state index contributed by atoms with van der Waals surface area (Å²) in [5.74, 6) is -0.312. The zero-order valence-corrected chi connectivity index (χ0v) is 23.6. The SMILES string of the molecule is CCC/C=C(/Nc1ccc(CC(=O)N2CCCC2C(=O)NC2CCC(C(=O)O)CC2)cc1)Nc1ccccc1C. The minimum atomic E-state index is -0.756. The van der Waals surface area contributed by atoms with Crippen molar-refractivity contribution in [3.63, 3.8) is 0 Å². The maximum Gasteiger partial charge on any atom is 0.306 e. The number of carbonyl (C=O) groups excluding carboxylic acids is 2. The minimum Gasteiger partial charge on any atom is -0.481 e. The molecule has 40 heavy (non-hydrogen) atoms. The lowest BCUT2D eigenvalue weighted by Crippen LogP contribution is -2.50. The van der Waals surface area contributed by atoms with Gasteiger partial charge in [0.05, 0.1) is 12.3 Å². The molecule has 1 saturated heterocycles. The van der Waals surface area contributed by atoms with Crippen LogP contribution in [0.4, 0.5) is 11.4 Å². The van der Waals surface area contributed by atoms with E-state index in [9.17, 15) is 19.5 Å². The summed E-state index contributed by atoms with van der Waals surface area (Å²) in [7, 11) is 0. The number of carbonyl (C=O) groups is 3. The minimum absolute atomic E-state index is 0.0164. The number of nitrogens with zero attached hydrogens (tertiary/aromatic N) is 1. The van der Waals surface area contributed by atoms with Gasteiger partial charge in [-0.1, -0.05) is 43.7 Å². The quantitative estimate of drug-likeness (QED) is 0.298. The van der Waals surface area contributed by atoms with Gasteiger partial charge in [-0.15, -0.1) is 0 Å². The summed E-state index contributed by atoms with van der Waals surface area (Å²) in [6.45, 7) is 4.81. The van der Waals surface area contributed by atoms with Gasteiger partial charge in [0.1, 0.15) is 11.9 Å². The Balaban J connectivity index is 1.31. The molecule has 2 amide bonds. The van der Waals surface area contributed by atoms with Crippen LogP contribution in [0.5, 0.6) is 0 Å². The summed E-state index contributed by atoms with van der Waals surface area (Å²) < 4.78 is 0. The van der Waals surface area contributed by atoms with Crippen molar-refractivity contribution in [1.82, 2.24) is 10.2 Å².